The third-order valence-electron chi connectivity index (χ3n) is 5.36. The van der Waals surface area contributed by atoms with Crippen molar-refractivity contribution in [3.8, 4) is 0 Å². The summed E-state index contributed by atoms with van der Waals surface area (Å²) in [6.07, 6.45) is 7.14. The number of carbonyl (C=O) groups is 1. The van der Waals surface area contributed by atoms with Gasteiger partial charge >= 0.3 is 0 Å². The van der Waals surface area contributed by atoms with Crippen LogP contribution < -0.4 is 0 Å². The fourth-order valence-corrected chi connectivity index (χ4v) is 5.28. The van der Waals surface area contributed by atoms with E-state index in [0.29, 0.717) is 18.2 Å². The lowest BCUT2D eigenvalue weighted by molar-refractivity contribution is 0.0251. The highest BCUT2D eigenvalue weighted by atomic mass is 32.2. The van der Waals surface area contributed by atoms with Crippen LogP contribution in [0.1, 0.15) is 47.0 Å². The van der Waals surface area contributed by atoms with E-state index < -0.39 is 0 Å². The average Bonchev–Trinajstić information content (AvgIpc) is 3.20. The molecule has 5 rings (SSSR count). The Morgan fingerprint density at radius 3 is 3.08 bits per heavy atom. The smallest absolute Gasteiger partial charge is 0.276 e. The number of aromatic nitrogens is 2. The minimum absolute atomic E-state index is 0.00777. The molecule has 0 radical (unpaired) electrons. The Kier molecular flexibility index (Phi) is 4.01. The third kappa shape index (κ3) is 3.14. The van der Waals surface area contributed by atoms with Crippen LogP contribution in [-0.4, -0.2) is 50.6 Å². The lowest BCUT2D eigenvalue weighted by Gasteiger charge is -2.47. The average molecular weight is 371 g/mol. The van der Waals surface area contributed by atoms with Crippen LogP contribution in [0, 0.1) is 0 Å². The van der Waals surface area contributed by atoms with Gasteiger partial charge in [-0.2, -0.15) is 0 Å². The van der Waals surface area contributed by atoms with E-state index in [1.807, 2.05) is 41.1 Å². The van der Waals surface area contributed by atoms with Gasteiger partial charge in [0.25, 0.3) is 5.91 Å². The van der Waals surface area contributed by atoms with E-state index in [1.165, 1.54) is 0 Å². The summed E-state index contributed by atoms with van der Waals surface area (Å²) in [6, 6.07) is 5.78. The van der Waals surface area contributed by atoms with Crippen molar-refractivity contribution >= 4 is 17.7 Å². The summed E-state index contributed by atoms with van der Waals surface area (Å²) in [6.45, 7) is 2.14. The first kappa shape index (κ1) is 16.3. The highest BCUT2D eigenvalue weighted by Gasteiger charge is 2.51. The molecule has 0 unspecified atom stereocenters. The fourth-order valence-electron chi connectivity index (χ4n) is 3.73. The van der Waals surface area contributed by atoms with E-state index in [0.717, 1.165) is 49.4 Å². The number of pyridine rings is 1. The molecule has 1 spiro atoms. The molecule has 1 atom stereocenters. The molecule has 1 amide bonds. The quantitative estimate of drug-likeness (QED) is 0.805. The lowest BCUT2D eigenvalue weighted by atomic mass is 9.92. The van der Waals surface area contributed by atoms with Gasteiger partial charge in [0.2, 0.25) is 0 Å². The zero-order valence-corrected chi connectivity index (χ0v) is 15.3. The van der Waals surface area contributed by atoms with Gasteiger partial charge in [0.1, 0.15) is 5.76 Å². The molecule has 1 aliphatic carbocycles. The van der Waals surface area contributed by atoms with Gasteiger partial charge in [0.05, 0.1) is 17.5 Å². The number of thioether (sulfide) groups is 1. The van der Waals surface area contributed by atoms with Crippen molar-refractivity contribution in [3.05, 3.63) is 47.6 Å². The summed E-state index contributed by atoms with van der Waals surface area (Å²) in [4.78, 5) is 18.6. The van der Waals surface area contributed by atoms with Gasteiger partial charge in [-0.05, 0) is 30.9 Å². The number of hydrogen-bond acceptors (Lipinski definition) is 6. The Balaban J connectivity index is 1.13. The van der Waals surface area contributed by atoms with Crippen molar-refractivity contribution in [2.24, 2.45) is 0 Å². The van der Waals surface area contributed by atoms with E-state index in [2.05, 4.69) is 10.1 Å². The summed E-state index contributed by atoms with van der Waals surface area (Å²) in [7, 11) is 0. The standard InChI is InChI=1S/C19H21N3O3S/c23-18(16-6-17(25-21-16)14-3-4-14)22-11-19(12-22)7-15(10-26-19)24-9-13-2-1-5-20-8-13/h1-2,5-6,8,14-15H,3-4,7,9-12H2/t15-/m0/s1. The molecule has 2 aromatic rings. The topological polar surface area (TPSA) is 68.5 Å². The monoisotopic (exact) mass is 371 g/mol. The molecule has 0 N–H and O–H groups in total. The molecule has 3 fully saturated rings. The van der Waals surface area contributed by atoms with Gasteiger partial charge in [-0.25, -0.2) is 0 Å². The Morgan fingerprint density at radius 1 is 1.42 bits per heavy atom. The van der Waals surface area contributed by atoms with E-state index in [-0.39, 0.29) is 16.8 Å². The second kappa shape index (κ2) is 6.39. The Labute approximate surface area is 156 Å². The molecule has 2 saturated heterocycles. The number of carbonyl (C=O) groups excluding carboxylic acids is 1. The zero-order chi connectivity index (χ0) is 17.6. The molecule has 4 heterocycles. The number of likely N-dealkylation sites (tertiary alicyclic amines) is 1. The van der Waals surface area contributed by atoms with E-state index in [4.69, 9.17) is 9.26 Å². The zero-order valence-electron chi connectivity index (χ0n) is 14.5. The number of nitrogens with zero attached hydrogens (tertiary/aromatic N) is 3. The molecule has 136 valence electrons. The molecule has 2 aliphatic heterocycles. The maximum Gasteiger partial charge on any atom is 0.276 e. The fraction of sp³-hybridized carbons (Fsp3) is 0.526. The lowest BCUT2D eigenvalue weighted by Crippen LogP contribution is -2.60. The molecule has 0 aromatic carbocycles. The molecule has 6 nitrogen and oxygen atoms in total. The number of ether oxygens (including phenoxy) is 1. The van der Waals surface area contributed by atoms with Crippen molar-refractivity contribution in [2.75, 3.05) is 18.8 Å². The predicted octanol–water partition coefficient (Wildman–Crippen LogP) is 2.86. The van der Waals surface area contributed by atoms with Crippen LogP contribution >= 0.6 is 11.8 Å². The Morgan fingerprint density at radius 2 is 2.31 bits per heavy atom. The number of amides is 1. The number of hydrogen-bond donors (Lipinski definition) is 0. The second-order valence-corrected chi connectivity index (χ2v) is 9.03. The largest absolute Gasteiger partial charge is 0.373 e. The molecule has 1 saturated carbocycles. The van der Waals surface area contributed by atoms with Crippen LogP contribution in [-0.2, 0) is 11.3 Å². The first-order valence-corrected chi connectivity index (χ1v) is 10.1. The van der Waals surface area contributed by atoms with Crippen molar-refractivity contribution < 1.29 is 14.1 Å². The van der Waals surface area contributed by atoms with Gasteiger partial charge in [0, 0.05) is 43.2 Å². The van der Waals surface area contributed by atoms with Crippen LogP contribution in [0.3, 0.4) is 0 Å². The summed E-state index contributed by atoms with van der Waals surface area (Å²) in [5.41, 5.74) is 1.55. The molecular formula is C19H21N3O3S. The maximum atomic E-state index is 12.6. The van der Waals surface area contributed by atoms with Crippen molar-refractivity contribution in [1.29, 1.82) is 0 Å². The minimum atomic E-state index is -0.00777. The minimum Gasteiger partial charge on any atom is -0.373 e. The summed E-state index contributed by atoms with van der Waals surface area (Å²) >= 11 is 1.93. The SMILES string of the molecule is O=C(c1cc(C2CC2)on1)N1CC2(C[C@H](OCc3cccnc3)CS2)C1. The number of rotatable bonds is 5. The Bertz CT molecular complexity index is 799. The van der Waals surface area contributed by atoms with Crippen LogP contribution in [0.15, 0.2) is 35.1 Å². The molecule has 3 aliphatic rings. The summed E-state index contributed by atoms with van der Waals surface area (Å²) < 4.78 is 11.5. The molecule has 0 bridgehead atoms. The van der Waals surface area contributed by atoms with E-state index in [9.17, 15) is 4.79 Å². The summed E-state index contributed by atoms with van der Waals surface area (Å²) in [5, 5.41) is 3.97. The predicted molar refractivity (Wildman–Crippen MR) is 97.0 cm³/mol. The van der Waals surface area contributed by atoms with E-state index >= 15 is 0 Å². The highest BCUT2D eigenvalue weighted by molar-refractivity contribution is 8.01. The van der Waals surface area contributed by atoms with Gasteiger partial charge in [-0.1, -0.05) is 11.2 Å². The van der Waals surface area contributed by atoms with Crippen LogP contribution in [0.5, 0.6) is 0 Å². The van der Waals surface area contributed by atoms with Crippen LogP contribution in [0.4, 0.5) is 0 Å². The summed E-state index contributed by atoms with van der Waals surface area (Å²) in [5.74, 6) is 2.32. The van der Waals surface area contributed by atoms with Gasteiger partial charge in [-0.15, -0.1) is 11.8 Å². The Hall–Kier alpha value is -1.86. The highest BCUT2D eigenvalue weighted by Crippen LogP contribution is 2.46. The van der Waals surface area contributed by atoms with Crippen molar-refractivity contribution in [1.82, 2.24) is 15.0 Å². The first-order valence-electron chi connectivity index (χ1n) is 9.11. The first-order chi connectivity index (χ1) is 12.7. The van der Waals surface area contributed by atoms with Crippen LogP contribution in [0.2, 0.25) is 0 Å². The van der Waals surface area contributed by atoms with Gasteiger partial charge in [-0.3, -0.25) is 9.78 Å². The van der Waals surface area contributed by atoms with Crippen LogP contribution in [0.25, 0.3) is 0 Å². The van der Waals surface area contributed by atoms with Gasteiger partial charge < -0.3 is 14.2 Å². The molecule has 26 heavy (non-hydrogen) atoms. The molecule has 2 aromatic heterocycles. The maximum absolute atomic E-state index is 12.6. The van der Waals surface area contributed by atoms with Crippen molar-refractivity contribution in [3.63, 3.8) is 0 Å². The third-order valence-corrected chi connectivity index (χ3v) is 6.93. The van der Waals surface area contributed by atoms with E-state index in [1.54, 1.807) is 6.20 Å². The van der Waals surface area contributed by atoms with Gasteiger partial charge in [0.15, 0.2) is 5.69 Å². The normalized spacial score (nSPS) is 24.0. The van der Waals surface area contributed by atoms with Crippen molar-refractivity contribution in [2.45, 2.75) is 42.6 Å². The molecule has 7 heteroatoms. The second-order valence-electron chi connectivity index (χ2n) is 7.54. The molecular weight excluding hydrogens is 350 g/mol.